The second-order valence-corrected chi connectivity index (χ2v) is 10.2. The minimum atomic E-state index is -0.202. The molecule has 3 amide bonds. The van der Waals surface area contributed by atoms with Gasteiger partial charge < -0.3 is 15.5 Å². The lowest BCUT2D eigenvalue weighted by molar-refractivity contribution is -0.134. The van der Waals surface area contributed by atoms with E-state index < -0.39 is 0 Å². The number of carbonyl (C=O) groups is 3. The average molecular weight is 480 g/mol. The maximum absolute atomic E-state index is 13.1. The molecular weight excluding hydrogens is 446 g/mol. The fourth-order valence-corrected chi connectivity index (χ4v) is 5.61. The number of likely N-dealkylation sites (tertiary alicyclic amines) is 1. The smallest absolute Gasteiger partial charge is 0.251 e. The van der Waals surface area contributed by atoms with E-state index in [-0.39, 0.29) is 35.7 Å². The van der Waals surface area contributed by atoms with Gasteiger partial charge in [0.1, 0.15) is 0 Å². The second kappa shape index (κ2) is 12.1. The number of benzene rings is 2. The third-order valence-corrected chi connectivity index (χ3v) is 7.69. The molecule has 0 bridgehead atoms. The van der Waals surface area contributed by atoms with Crippen molar-refractivity contribution in [1.82, 2.24) is 15.5 Å². The van der Waals surface area contributed by atoms with Gasteiger partial charge >= 0.3 is 0 Å². The largest absolute Gasteiger partial charge is 0.351 e. The van der Waals surface area contributed by atoms with Crippen LogP contribution in [0.3, 0.4) is 0 Å². The fraction of sp³-hybridized carbons (Fsp3) is 0.444. The number of hydrogen-bond donors (Lipinski definition) is 2. The Bertz CT molecular complexity index is 970. The number of nitrogens with zero attached hydrogens (tertiary/aromatic N) is 1. The van der Waals surface area contributed by atoms with Crippen LogP contribution in [-0.4, -0.2) is 53.5 Å². The average Bonchev–Trinajstić information content (AvgIpc) is 2.89. The maximum atomic E-state index is 13.1. The molecule has 1 aliphatic heterocycles. The maximum Gasteiger partial charge on any atom is 0.251 e. The van der Waals surface area contributed by atoms with Gasteiger partial charge in [0.05, 0.1) is 11.7 Å². The van der Waals surface area contributed by atoms with Crippen LogP contribution >= 0.6 is 11.8 Å². The number of rotatable bonds is 7. The molecule has 34 heavy (non-hydrogen) atoms. The number of amides is 3. The molecule has 2 N–H and O–H groups in total. The molecule has 1 aliphatic carbocycles. The summed E-state index contributed by atoms with van der Waals surface area (Å²) in [5, 5.41) is 6.35. The van der Waals surface area contributed by atoms with Gasteiger partial charge in [-0.25, -0.2) is 0 Å². The van der Waals surface area contributed by atoms with Crippen molar-refractivity contribution in [3.8, 4) is 0 Å². The van der Waals surface area contributed by atoms with Crippen LogP contribution < -0.4 is 10.6 Å². The summed E-state index contributed by atoms with van der Waals surface area (Å²) in [5.74, 6) is 0.161. The minimum Gasteiger partial charge on any atom is -0.351 e. The molecule has 6 nitrogen and oxygen atoms in total. The topological polar surface area (TPSA) is 78.5 Å². The first-order chi connectivity index (χ1) is 16.6. The summed E-state index contributed by atoms with van der Waals surface area (Å²) >= 11 is 1.53. The molecule has 2 aromatic rings. The summed E-state index contributed by atoms with van der Waals surface area (Å²) < 4.78 is 0. The van der Waals surface area contributed by atoms with E-state index in [1.807, 2.05) is 53.4 Å². The van der Waals surface area contributed by atoms with Crippen molar-refractivity contribution in [3.63, 3.8) is 0 Å². The van der Waals surface area contributed by atoms with E-state index >= 15 is 0 Å². The Balaban J connectivity index is 1.29. The summed E-state index contributed by atoms with van der Waals surface area (Å²) in [4.78, 5) is 41.5. The first kappa shape index (κ1) is 24.3. The Kier molecular flexibility index (Phi) is 8.63. The number of piperidine rings is 1. The molecular formula is C27H33N3O3S. The van der Waals surface area contributed by atoms with Crippen molar-refractivity contribution < 1.29 is 14.4 Å². The van der Waals surface area contributed by atoms with Gasteiger partial charge in [-0.3, -0.25) is 14.4 Å². The van der Waals surface area contributed by atoms with Gasteiger partial charge in [-0.05, 0) is 49.9 Å². The van der Waals surface area contributed by atoms with Crippen molar-refractivity contribution >= 4 is 29.5 Å². The van der Waals surface area contributed by atoms with Gasteiger partial charge in [0.25, 0.3) is 5.91 Å². The molecule has 3 atom stereocenters. The Morgan fingerprint density at radius 1 is 0.824 bits per heavy atom. The SMILES string of the molecule is O=C(N[C@@H]1CCCC[C@H]1NC(=O)C1CCCN(C(=O)CSc2ccccc2)C1)c1ccccc1. The van der Waals surface area contributed by atoms with E-state index in [2.05, 4.69) is 10.6 Å². The van der Waals surface area contributed by atoms with E-state index in [1.54, 1.807) is 12.1 Å². The molecule has 2 aromatic carbocycles. The molecule has 1 heterocycles. The summed E-state index contributed by atoms with van der Waals surface area (Å²) in [6, 6.07) is 18.9. The Labute approximate surface area is 205 Å². The van der Waals surface area contributed by atoms with Gasteiger partial charge in [0, 0.05) is 35.6 Å². The van der Waals surface area contributed by atoms with Crippen LogP contribution in [0.5, 0.6) is 0 Å². The van der Waals surface area contributed by atoms with Gasteiger partial charge in [0.15, 0.2) is 0 Å². The van der Waals surface area contributed by atoms with Gasteiger partial charge in [-0.15, -0.1) is 11.8 Å². The molecule has 4 rings (SSSR count). The lowest BCUT2D eigenvalue weighted by Gasteiger charge is -2.36. The van der Waals surface area contributed by atoms with Gasteiger partial charge in [0.2, 0.25) is 11.8 Å². The number of nitrogens with one attached hydrogen (secondary N) is 2. The predicted molar refractivity (Wildman–Crippen MR) is 135 cm³/mol. The quantitative estimate of drug-likeness (QED) is 0.591. The zero-order valence-electron chi connectivity index (χ0n) is 19.4. The van der Waals surface area contributed by atoms with E-state index in [9.17, 15) is 14.4 Å². The first-order valence-corrected chi connectivity index (χ1v) is 13.2. The Morgan fingerprint density at radius 3 is 2.18 bits per heavy atom. The van der Waals surface area contributed by atoms with Crippen molar-refractivity contribution in [1.29, 1.82) is 0 Å². The highest BCUT2D eigenvalue weighted by molar-refractivity contribution is 8.00. The second-order valence-electron chi connectivity index (χ2n) is 9.13. The molecule has 1 unspecified atom stereocenters. The normalized spacial score (nSPS) is 22.6. The molecule has 0 aromatic heterocycles. The molecule has 2 aliphatic rings. The van der Waals surface area contributed by atoms with Crippen molar-refractivity contribution in [2.45, 2.75) is 55.5 Å². The van der Waals surface area contributed by atoms with Crippen LogP contribution in [0.2, 0.25) is 0 Å². The van der Waals surface area contributed by atoms with E-state index in [4.69, 9.17) is 0 Å². The predicted octanol–water partition coefficient (Wildman–Crippen LogP) is 3.87. The van der Waals surface area contributed by atoms with E-state index in [0.29, 0.717) is 24.4 Å². The van der Waals surface area contributed by atoms with Gasteiger partial charge in [-0.2, -0.15) is 0 Å². The third kappa shape index (κ3) is 6.63. The summed E-state index contributed by atoms with van der Waals surface area (Å²) in [6.45, 7) is 1.17. The van der Waals surface area contributed by atoms with Crippen LogP contribution in [0.4, 0.5) is 0 Å². The van der Waals surface area contributed by atoms with E-state index in [0.717, 1.165) is 43.4 Å². The van der Waals surface area contributed by atoms with Crippen LogP contribution in [0, 0.1) is 5.92 Å². The monoisotopic (exact) mass is 479 g/mol. The lowest BCUT2D eigenvalue weighted by Crippen LogP contribution is -2.55. The number of carbonyl (C=O) groups excluding carboxylic acids is 3. The molecule has 180 valence electrons. The highest BCUT2D eigenvalue weighted by Gasteiger charge is 2.33. The molecule has 7 heteroatoms. The van der Waals surface area contributed by atoms with E-state index in [1.165, 1.54) is 11.8 Å². The van der Waals surface area contributed by atoms with Gasteiger partial charge in [-0.1, -0.05) is 49.2 Å². The highest BCUT2D eigenvalue weighted by atomic mass is 32.2. The highest BCUT2D eigenvalue weighted by Crippen LogP contribution is 2.23. The van der Waals surface area contributed by atoms with Crippen LogP contribution in [0.25, 0.3) is 0 Å². The molecule has 2 fully saturated rings. The molecule has 0 radical (unpaired) electrons. The zero-order chi connectivity index (χ0) is 23.8. The minimum absolute atomic E-state index is 0.000859. The third-order valence-electron chi connectivity index (χ3n) is 6.70. The lowest BCUT2D eigenvalue weighted by atomic mass is 9.88. The number of thioether (sulfide) groups is 1. The van der Waals surface area contributed by atoms with Crippen LogP contribution in [-0.2, 0) is 9.59 Å². The molecule has 1 saturated heterocycles. The zero-order valence-corrected chi connectivity index (χ0v) is 20.3. The van der Waals surface area contributed by atoms with Crippen LogP contribution in [0.1, 0.15) is 48.9 Å². The van der Waals surface area contributed by atoms with Crippen molar-refractivity contribution in [3.05, 3.63) is 66.2 Å². The Hall–Kier alpha value is -2.80. The summed E-state index contributed by atoms with van der Waals surface area (Å²) in [5.41, 5.74) is 0.632. The summed E-state index contributed by atoms with van der Waals surface area (Å²) in [6.07, 6.45) is 5.41. The molecule has 0 spiro atoms. The summed E-state index contributed by atoms with van der Waals surface area (Å²) in [7, 11) is 0. The fourth-order valence-electron chi connectivity index (χ4n) is 4.79. The standard InChI is InChI=1S/C27H33N3O3S/c31-25(19-34-22-13-5-2-6-14-22)30-17-9-12-21(18-30)27(33)29-24-16-8-7-15-23(24)28-26(32)20-10-3-1-4-11-20/h1-6,10-11,13-14,21,23-24H,7-9,12,15-19H2,(H,28,32)(H,29,33)/t21?,23-,24-/m1/s1. The van der Waals surface area contributed by atoms with Crippen molar-refractivity contribution in [2.75, 3.05) is 18.8 Å². The first-order valence-electron chi connectivity index (χ1n) is 12.2. The van der Waals surface area contributed by atoms with Crippen molar-refractivity contribution in [2.24, 2.45) is 5.92 Å². The Morgan fingerprint density at radius 2 is 1.47 bits per heavy atom. The van der Waals surface area contributed by atoms with Crippen LogP contribution in [0.15, 0.2) is 65.6 Å². The number of hydrogen-bond acceptors (Lipinski definition) is 4. The molecule has 1 saturated carbocycles.